The van der Waals surface area contributed by atoms with E-state index < -0.39 is 0 Å². The van der Waals surface area contributed by atoms with E-state index in [0.717, 1.165) is 31.6 Å². The number of rotatable bonds is 4. The Bertz CT molecular complexity index is 472. The van der Waals surface area contributed by atoms with E-state index in [4.69, 9.17) is 10.5 Å². The van der Waals surface area contributed by atoms with Gasteiger partial charge in [0.1, 0.15) is 5.82 Å². The van der Waals surface area contributed by atoms with Crippen LogP contribution in [0.25, 0.3) is 0 Å². The van der Waals surface area contributed by atoms with Crippen LogP contribution in [-0.2, 0) is 11.2 Å². The summed E-state index contributed by atoms with van der Waals surface area (Å²) in [5, 5.41) is 0. The van der Waals surface area contributed by atoms with Gasteiger partial charge in [-0.2, -0.15) is 15.0 Å². The van der Waals surface area contributed by atoms with Crippen LogP contribution in [0.4, 0.5) is 11.9 Å². The maximum Gasteiger partial charge on any atom is 0.230 e. The van der Waals surface area contributed by atoms with Crippen molar-refractivity contribution in [3.63, 3.8) is 0 Å². The van der Waals surface area contributed by atoms with Crippen molar-refractivity contribution in [3.8, 4) is 0 Å². The first-order valence-corrected chi connectivity index (χ1v) is 7.80. The molecule has 1 fully saturated rings. The third-order valence-electron chi connectivity index (χ3n) is 3.60. The van der Waals surface area contributed by atoms with Crippen molar-refractivity contribution >= 4 is 11.9 Å². The lowest BCUT2D eigenvalue weighted by Gasteiger charge is -2.37. The lowest BCUT2D eigenvalue weighted by atomic mass is 10.0. The molecule has 1 atom stereocenters. The molecular formula is C15H27N5O. The number of nitrogens with two attached hydrogens (primary N) is 1. The Kier molecular flexibility index (Phi) is 4.98. The van der Waals surface area contributed by atoms with Gasteiger partial charge < -0.3 is 15.4 Å². The standard InChI is InChI=1S/C15H27N5O/c1-5-12-17-13(16)19-14(18-12)20-9-7-6-8-11(20)10-21-15(2,3)4/h11H,5-10H2,1-4H3,(H2,16,17,18,19)/t11-/m1/s1. The molecule has 2 N–H and O–H groups in total. The molecule has 2 rings (SSSR count). The molecule has 0 unspecified atom stereocenters. The number of hydrogen-bond donors (Lipinski definition) is 1. The maximum atomic E-state index is 5.96. The van der Waals surface area contributed by atoms with Crippen molar-refractivity contribution in [2.24, 2.45) is 0 Å². The molecule has 1 saturated heterocycles. The topological polar surface area (TPSA) is 77.2 Å². The molecule has 6 nitrogen and oxygen atoms in total. The summed E-state index contributed by atoms with van der Waals surface area (Å²) in [5.74, 6) is 1.75. The number of ether oxygens (including phenoxy) is 1. The second-order valence-corrected chi connectivity index (χ2v) is 6.53. The normalized spacial score (nSPS) is 19.8. The first-order valence-electron chi connectivity index (χ1n) is 7.80. The number of aromatic nitrogens is 3. The van der Waals surface area contributed by atoms with Gasteiger partial charge in [0.15, 0.2) is 0 Å². The van der Waals surface area contributed by atoms with Crippen molar-refractivity contribution in [2.45, 2.75) is 65.0 Å². The molecule has 118 valence electrons. The van der Waals surface area contributed by atoms with Gasteiger partial charge in [0.25, 0.3) is 0 Å². The Balaban J connectivity index is 2.16. The zero-order valence-electron chi connectivity index (χ0n) is 13.6. The van der Waals surface area contributed by atoms with Gasteiger partial charge in [-0.05, 0) is 40.0 Å². The molecule has 2 heterocycles. The van der Waals surface area contributed by atoms with E-state index in [-0.39, 0.29) is 5.60 Å². The molecule has 6 heteroatoms. The molecule has 1 aromatic rings. The summed E-state index contributed by atoms with van der Waals surface area (Å²) in [6, 6.07) is 0.310. The van der Waals surface area contributed by atoms with Crippen LogP contribution in [0, 0.1) is 0 Å². The van der Waals surface area contributed by atoms with Crippen molar-refractivity contribution < 1.29 is 4.74 Å². The largest absolute Gasteiger partial charge is 0.374 e. The molecule has 0 spiro atoms. The van der Waals surface area contributed by atoms with Crippen LogP contribution < -0.4 is 10.6 Å². The monoisotopic (exact) mass is 293 g/mol. The number of hydrogen-bond acceptors (Lipinski definition) is 6. The molecule has 0 amide bonds. The lowest BCUT2D eigenvalue weighted by Crippen LogP contribution is -2.45. The summed E-state index contributed by atoms with van der Waals surface area (Å²) in [6.45, 7) is 9.90. The first kappa shape index (κ1) is 15.9. The molecule has 1 aliphatic rings. The molecule has 0 radical (unpaired) electrons. The first-order chi connectivity index (χ1) is 9.89. The van der Waals surface area contributed by atoms with Crippen molar-refractivity contribution in [2.75, 3.05) is 23.8 Å². The third-order valence-corrected chi connectivity index (χ3v) is 3.60. The quantitative estimate of drug-likeness (QED) is 0.917. The maximum absolute atomic E-state index is 5.96. The van der Waals surface area contributed by atoms with E-state index in [1.807, 2.05) is 6.92 Å². The van der Waals surface area contributed by atoms with Crippen molar-refractivity contribution in [1.29, 1.82) is 0 Å². The molecule has 0 aliphatic carbocycles. The summed E-state index contributed by atoms with van der Waals surface area (Å²) in [5.41, 5.74) is 5.68. The fourth-order valence-corrected chi connectivity index (χ4v) is 2.49. The number of anilines is 2. The van der Waals surface area contributed by atoms with Crippen LogP contribution in [0.1, 0.15) is 52.8 Å². The van der Waals surface area contributed by atoms with E-state index in [2.05, 4.69) is 40.6 Å². The Labute approximate surface area is 127 Å². The summed E-state index contributed by atoms with van der Waals surface area (Å²) in [4.78, 5) is 15.2. The highest BCUT2D eigenvalue weighted by molar-refractivity contribution is 5.36. The summed E-state index contributed by atoms with van der Waals surface area (Å²) in [6.07, 6.45) is 4.23. The summed E-state index contributed by atoms with van der Waals surface area (Å²) >= 11 is 0. The minimum atomic E-state index is -0.129. The average molecular weight is 293 g/mol. The lowest BCUT2D eigenvalue weighted by molar-refractivity contribution is -0.0135. The van der Waals surface area contributed by atoms with E-state index >= 15 is 0 Å². The van der Waals surface area contributed by atoms with Gasteiger partial charge in [0, 0.05) is 13.0 Å². The van der Waals surface area contributed by atoms with Gasteiger partial charge in [-0.25, -0.2) is 0 Å². The second kappa shape index (κ2) is 6.56. The fourth-order valence-electron chi connectivity index (χ4n) is 2.49. The Morgan fingerprint density at radius 2 is 2.00 bits per heavy atom. The van der Waals surface area contributed by atoms with Crippen LogP contribution in [0.2, 0.25) is 0 Å². The molecule has 0 bridgehead atoms. The highest BCUT2D eigenvalue weighted by Gasteiger charge is 2.27. The zero-order chi connectivity index (χ0) is 15.5. The van der Waals surface area contributed by atoms with Gasteiger partial charge in [-0.1, -0.05) is 6.92 Å². The molecule has 21 heavy (non-hydrogen) atoms. The zero-order valence-corrected chi connectivity index (χ0v) is 13.6. The van der Waals surface area contributed by atoms with Crippen LogP contribution in [0.15, 0.2) is 0 Å². The van der Waals surface area contributed by atoms with Crippen LogP contribution in [0.3, 0.4) is 0 Å². The highest BCUT2D eigenvalue weighted by atomic mass is 16.5. The SMILES string of the molecule is CCc1nc(N)nc(N2CCCC[C@@H]2COC(C)(C)C)n1. The highest BCUT2D eigenvalue weighted by Crippen LogP contribution is 2.24. The molecule has 0 aromatic carbocycles. The minimum absolute atomic E-state index is 0.129. The Morgan fingerprint density at radius 3 is 2.67 bits per heavy atom. The van der Waals surface area contributed by atoms with Crippen LogP contribution in [0.5, 0.6) is 0 Å². The van der Waals surface area contributed by atoms with Gasteiger partial charge in [0.05, 0.1) is 18.2 Å². The number of piperidine rings is 1. The second-order valence-electron chi connectivity index (χ2n) is 6.53. The molecule has 1 aliphatic heterocycles. The predicted octanol–water partition coefficient (Wildman–Crippen LogP) is 2.19. The smallest absolute Gasteiger partial charge is 0.230 e. The van der Waals surface area contributed by atoms with Crippen molar-refractivity contribution in [3.05, 3.63) is 5.82 Å². The van der Waals surface area contributed by atoms with Crippen molar-refractivity contribution in [1.82, 2.24) is 15.0 Å². The van der Waals surface area contributed by atoms with E-state index in [1.165, 1.54) is 6.42 Å². The average Bonchev–Trinajstić information content (AvgIpc) is 2.44. The third kappa shape index (κ3) is 4.52. The number of nitrogens with zero attached hydrogens (tertiary/aromatic N) is 4. The van der Waals surface area contributed by atoms with E-state index in [1.54, 1.807) is 0 Å². The van der Waals surface area contributed by atoms with Crippen LogP contribution >= 0.6 is 0 Å². The van der Waals surface area contributed by atoms with E-state index in [0.29, 0.717) is 24.5 Å². The Morgan fingerprint density at radius 1 is 1.24 bits per heavy atom. The van der Waals surface area contributed by atoms with Gasteiger partial charge in [0.2, 0.25) is 11.9 Å². The van der Waals surface area contributed by atoms with Gasteiger partial charge >= 0.3 is 0 Å². The number of nitrogen functional groups attached to an aromatic ring is 1. The minimum Gasteiger partial charge on any atom is -0.374 e. The molecule has 1 aromatic heterocycles. The fraction of sp³-hybridized carbons (Fsp3) is 0.800. The predicted molar refractivity (Wildman–Crippen MR) is 84.3 cm³/mol. The molecular weight excluding hydrogens is 266 g/mol. The Hall–Kier alpha value is -1.43. The van der Waals surface area contributed by atoms with Crippen LogP contribution in [-0.4, -0.2) is 39.7 Å². The number of aryl methyl sites for hydroxylation is 1. The van der Waals surface area contributed by atoms with Gasteiger partial charge in [-0.15, -0.1) is 0 Å². The van der Waals surface area contributed by atoms with Gasteiger partial charge in [-0.3, -0.25) is 0 Å². The molecule has 0 saturated carbocycles. The summed E-state index contributed by atoms with van der Waals surface area (Å²) in [7, 11) is 0. The van der Waals surface area contributed by atoms with E-state index in [9.17, 15) is 0 Å². The summed E-state index contributed by atoms with van der Waals surface area (Å²) < 4.78 is 5.96.